The number of carbonyl (C=O) groups excluding carboxylic acids is 1. The van der Waals surface area contributed by atoms with Crippen molar-refractivity contribution >= 4 is 39.1 Å². The number of benzene rings is 1. The summed E-state index contributed by atoms with van der Waals surface area (Å²) >= 11 is 9.17. The van der Waals surface area contributed by atoms with Gasteiger partial charge in [-0.25, -0.2) is 18.3 Å². The summed E-state index contributed by atoms with van der Waals surface area (Å²) in [6, 6.07) is 3.01. The van der Waals surface area contributed by atoms with Gasteiger partial charge in [-0.1, -0.05) is 24.4 Å². The molecule has 0 spiro atoms. The third-order valence-corrected chi connectivity index (χ3v) is 5.76. The fourth-order valence-electron chi connectivity index (χ4n) is 3.72. The van der Waals surface area contributed by atoms with E-state index < -0.39 is 23.6 Å². The van der Waals surface area contributed by atoms with Crippen LogP contribution in [0.5, 0.6) is 0 Å². The van der Waals surface area contributed by atoms with E-state index in [4.69, 9.17) is 11.6 Å². The van der Waals surface area contributed by atoms with Crippen LogP contribution in [-0.2, 0) is 0 Å². The zero-order valence-corrected chi connectivity index (χ0v) is 17.0. The molecular weight excluding hydrogens is 454 g/mol. The van der Waals surface area contributed by atoms with Crippen LogP contribution in [0.2, 0.25) is 5.02 Å². The maximum Gasteiger partial charge on any atom is 0.272 e. The fraction of sp³-hybridized carbons (Fsp3) is 0.316. The van der Waals surface area contributed by atoms with Gasteiger partial charge < -0.3 is 5.32 Å². The molecule has 5 nitrogen and oxygen atoms in total. The highest BCUT2D eigenvalue weighted by atomic mass is 79.9. The summed E-state index contributed by atoms with van der Waals surface area (Å²) in [7, 11) is 0. The first-order valence-corrected chi connectivity index (χ1v) is 10.1. The monoisotopic (exact) mass is 468 g/mol. The SMILES string of the molecule is O=C(N[C@H](c1c(F)ccc(Cl)c1F)C1CCCC1)c1cc2ncc(Br)cn2n1. The average molecular weight is 470 g/mol. The number of nitrogens with one attached hydrogen (secondary N) is 1. The van der Waals surface area contributed by atoms with E-state index in [1.165, 1.54) is 16.6 Å². The second-order valence-electron chi connectivity index (χ2n) is 6.86. The van der Waals surface area contributed by atoms with Crippen molar-refractivity contribution in [3.63, 3.8) is 0 Å². The summed E-state index contributed by atoms with van der Waals surface area (Å²) in [6.07, 6.45) is 6.72. The van der Waals surface area contributed by atoms with E-state index in [0.29, 0.717) is 10.1 Å². The molecule has 1 amide bonds. The number of carbonyl (C=O) groups is 1. The first-order valence-electron chi connectivity index (χ1n) is 8.89. The van der Waals surface area contributed by atoms with Crippen LogP contribution in [0.15, 0.2) is 35.1 Å². The van der Waals surface area contributed by atoms with E-state index in [1.807, 2.05) is 0 Å². The Balaban J connectivity index is 1.69. The smallest absolute Gasteiger partial charge is 0.272 e. The Kier molecular flexibility index (Phi) is 5.33. The molecule has 1 fully saturated rings. The van der Waals surface area contributed by atoms with Crippen molar-refractivity contribution in [1.82, 2.24) is 19.9 Å². The number of halogens is 4. The summed E-state index contributed by atoms with van der Waals surface area (Å²) in [4.78, 5) is 17.0. The van der Waals surface area contributed by atoms with Crippen molar-refractivity contribution in [3.8, 4) is 0 Å². The molecule has 1 aliphatic rings. The van der Waals surface area contributed by atoms with Crippen LogP contribution in [0.25, 0.3) is 5.65 Å². The third kappa shape index (κ3) is 3.63. The second kappa shape index (κ2) is 7.75. The summed E-state index contributed by atoms with van der Waals surface area (Å²) in [5.41, 5.74) is 0.416. The minimum absolute atomic E-state index is 0.0734. The van der Waals surface area contributed by atoms with Gasteiger partial charge in [-0.3, -0.25) is 4.79 Å². The van der Waals surface area contributed by atoms with Crippen LogP contribution in [-0.4, -0.2) is 20.5 Å². The maximum atomic E-state index is 14.7. The molecule has 3 aromatic rings. The Morgan fingerprint density at radius 2 is 2.07 bits per heavy atom. The molecule has 28 heavy (non-hydrogen) atoms. The van der Waals surface area contributed by atoms with Crippen LogP contribution in [0.1, 0.15) is 47.8 Å². The van der Waals surface area contributed by atoms with Crippen LogP contribution in [0, 0.1) is 17.6 Å². The van der Waals surface area contributed by atoms with Gasteiger partial charge in [0.25, 0.3) is 5.91 Å². The van der Waals surface area contributed by atoms with E-state index in [1.54, 1.807) is 12.4 Å². The van der Waals surface area contributed by atoms with Gasteiger partial charge in [0.15, 0.2) is 11.3 Å². The number of hydrogen-bond donors (Lipinski definition) is 1. The van der Waals surface area contributed by atoms with Gasteiger partial charge in [0.2, 0.25) is 0 Å². The number of rotatable bonds is 4. The molecule has 0 radical (unpaired) electrons. The van der Waals surface area contributed by atoms with Gasteiger partial charge in [0, 0.05) is 24.0 Å². The molecule has 2 aromatic heterocycles. The predicted octanol–water partition coefficient (Wildman–Crippen LogP) is 5.08. The summed E-state index contributed by atoms with van der Waals surface area (Å²) in [5, 5.41) is 6.82. The largest absolute Gasteiger partial charge is 0.343 e. The Bertz CT molecular complexity index is 1050. The number of fused-ring (bicyclic) bond motifs is 1. The zero-order valence-electron chi connectivity index (χ0n) is 14.6. The topological polar surface area (TPSA) is 59.3 Å². The van der Waals surface area contributed by atoms with Crippen molar-refractivity contribution in [2.75, 3.05) is 0 Å². The lowest BCUT2D eigenvalue weighted by Gasteiger charge is -2.26. The van der Waals surface area contributed by atoms with E-state index in [0.717, 1.165) is 31.7 Å². The van der Waals surface area contributed by atoms with E-state index in [-0.39, 0.29) is 22.2 Å². The second-order valence-corrected chi connectivity index (χ2v) is 8.18. The lowest BCUT2D eigenvalue weighted by molar-refractivity contribution is 0.0914. The molecule has 0 bridgehead atoms. The zero-order chi connectivity index (χ0) is 19.8. The Labute approximate surface area is 173 Å². The normalized spacial score (nSPS) is 15.9. The Morgan fingerprint density at radius 3 is 2.82 bits per heavy atom. The van der Waals surface area contributed by atoms with Gasteiger partial charge >= 0.3 is 0 Å². The predicted molar refractivity (Wildman–Crippen MR) is 104 cm³/mol. The molecule has 1 atom stereocenters. The molecule has 0 saturated heterocycles. The lowest BCUT2D eigenvalue weighted by Crippen LogP contribution is -2.34. The van der Waals surface area contributed by atoms with Crippen molar-refractivity contribution in [2.24, 2.45) is 5.92 Å². The van der Waals surface area contributed by atoms with E-state index >= 15 is 0 Å². The van der Waals surface area contributed by atoms with E-state index in [2.05, 4.69) is 31.3 Å². The van der Waals surface area contributed by atoms with Gasteiger partial charge in [0.05, 0.1) is 15.5 Å². The van der Waals surface area contributed by atoms with Gasteiger partial charge in [-0.15, -0.1) is 0 Å². The van der Waals surface area contributed by atoms with Gasteiger partial charge in [-0.2, -0.15) is 5.10 Å². The number of nitrogens with zero attached hydrogens (tertiary/aromatic N) is 3. The van der Waals surface area contributed by atoms with Crippen molar-refractivity contribution in [3.05, 3.63) is 63.0 Å². The van der Waals surface area contributed by atoms with Crippen molar-refractivity contribution in [1.29, 1.82) is 0 Å². The van der Waals surface area contributed by atoms with Gasteiger partial charge in [0.1, 0.15) is 11.6 Å². The molecule has 1 aromatic carbocycles. The minimum Gasteiger partial charge on any atom is -0.343 e. The number of hydrogen-bond acceptors (Lipinski definition) is 3. The first-order chi connectivity index (χ1) is 13.4. The summed E-state index contributed by atoms with van der Waals surface area (Å²) in [6.45, 7) is 0. The molecule has 9 heteroatoms. The first kappa shape index (κ1) is 19.3. The summed E-state index contributed by atoms with van der Waals surface area (Å²) in [5.74, 6) is -2.15. The molecule has 146 valence electrons. The van der Waals surface area contributed by atoms with Crippen LogP contribution < -0.4 is 5.32 Å². The number of aromatic nitrogens is 3. The summed E-state index contributed by atoms with van der Waals surface area (Å²) < 4.78 is 31.4. The molecule has 0 unspecified atom stereocenters. The molecular formula is C19H16BrClF2N4O. The quantitative estimate of drug-likeness (QED) is 0.542. The van der Waals surface area contributed by atoms with Gasteiger partial charge in [-0.05, 0) is 46.8 Å². The molecule has 2 heterocycles. The molecule has 4 rings (SSSR count). The molecule has 1 saturated carbocycles. The van der Waals surface area contributed by atoms with Crippen LogP contribution in [0.3, 0.4) is 0 Å². The number of amides is 1. The highest BCUT2D eigenvalue weighted by Crippen LogP contribution is 2.39. The van der Waals surface area contributed by atoms with Crippen molar-refractivity contribution < 1.29 is 13.6 Å². The average Bonchev–Trinajstić information content (AvgIpc) is 3.33. The highest BCUT2D eigenvalue weighted by Gasteiger charge is 2.33. The van der Waals surface area contributed by atoms with E-state index in [9.17, 15) is 13.6 Å². The minimum atomic E-state index is -0.834. The standard InChI is InChI=1S/C19H16BrClF2N4O/c20-11-8-24-15-7-14(26-27(15)9-11)19(28)25-18(10-3-1-2-4-10)16-13(22)6-5-12(21)17(16)23/h5-10,18H,1-4H2,(H,25,28)/t18-/m0/s1. The lowest BCUT2D eigenvalue weighted by atomic mass is 9.90. The Hall–Kier alpha value is -2.06. The van der Waals surface area contributed by atoms with Crippen molar-refractivity contribution in [2.45, 2.75) is 31.7 Å². The molecule has 1 aliphatic carbocycles. The molecule has 1 N–H and O–H groups in total. The van der Waals surface area contributed by atoms with Crippen LogP contribution >= 0.6 is 27.5 Å². The fourth-order valence-corrected chi connectivity index (χ4v) is 4.19. The third-order valence-electron chi connectivity index (χ3n) is 5.06. The molecule has 0 aliphatic heterocycles. The Morgan fingerprint density at radius 1 is 1.32 bits per heavy atom. The van der Waals surface area contributed by atoms with Crippen LogP contribution in [0.4, 0.5) is 8.78 Å². The highest BCUT2D eigenvalue weighted by molar-refractivity contribution is 9.10. The maximum absolute atomic E-state index is 14.7.